The summed E-state index contributed by atoms with van der Waals surface area (Å²) in [4.78, 5) is 29.8. The monoisotopic (exact) mass is 477 g/mol. The largest absolute Gasteiger partial charge is 0.573 e. The lowest BCUT2D eigenvalue weighted by Crippen LogP contribution is -2.35. The normalized spacial score (nSPS) is 20.4. The van der Waals surface area contributed by atoms with Gasteiger partial charge < -0.3 is 14.5 Å². The number of amides is 2. The second-order valence-corrected chi connectivity index (χ2v) is 8.77. The zero-order valence-corrected chi connectivity index (χ0v) is 18.3. The number of benzene rings is 2. The Bertz CT molecular complexity index is 1030. The second-order valence-electron chi connectivity index (χ2n) is 8.07. The molecule has 2 aromatic carbocycles. The Morgan fingerprint density at radius 3 is 2.06 bits per heavy atom. The van der Waals surface area contributed by atoms with E-state index in [1.54, 1.807) is 23.1 Å². The van der Waals surface area contributed by atoms with Gasteiger partial charge in [0, 0.05) is 54.5 Å². The summed E-state index contributed by atoms with van der Waals surface area (Å²) in [6, 6.07) is 12.5. The van der Waals surface area contributed by atoms with Crippen LogP contribution < -0.4 is 9.88 Å². The quantitative estimate of drug-likeness (QED) is 0.524. The van der Waals surface area contributed by atoms with Crippen LogP contribution in [0.25, 0.3) is 6.08 Å². The number of carbonyl (C=O) groups excluding carboxylic acids is 2. The van der Waals surface area contributed by atoms with Gasteiger partial charge >= 0.3 is 6.36 Å². The first-order valence-electron chi connectivity index (χ1n) is 10.3. The molecule has 2 heterocycles. The Morgan fingerprint density at radius 1 is 0.939 bits per heavy atom. The number of rotatable bonds is 5. The number of alkyl halides is 3. The van der Waals surface area contributed by atoms with E-state index < -0.39 is 6.36 Å². The number of halogens is 3. The van der Waals surface area contributed by atoms with E-state index in [0.717, 1.165) is 16.8 Å². The fraction of sp³-hybridized carbons (Fsp3) is 0.304. The van der Waals surface area contributed by atoms with Gasteiger partial charge in [0.25, 0.3) is 5.91 Å². The van der Waals surface area contributed by atoms with Gasteiger partial charge in [0.15, 0.2) is 0 Å². The van der Waals surface area contributed by atoms with Crippen molar-refractivity contribution in [3.05, 3.63) is 65.7 Å². The molecule has 2 N–H and O–H groups in total. The summed E-state index contributed by atoms with van der Waals surface area (Å²) in [6.07, 6.45) is -1.76. The highest BCUT2D eigenvalue weighted by Gasteiger charge is 2.42. The van der Waals surface area contributed by atoms with Crippen molar-refractivity contribution in [2.45, 2.75) is 11.3 Å². The van der Waals surface area contributed by atoms with Crippen molar-refractivity contribution in [1.29, 1.82) is 0 Å². The maximum Gasteiger partial charge on any atom is 0.573 e. The molecular formula is C23H22F3N3O3S. The van der Waals surface area contributed by atoms with Gasteiger partial charge in [-0.2, -0.15) is 0 Å². The highest BCUT2D eigenvalue weighted by atomic mass is 32.2. The molecule has 33 heavy (non-hydrogen) atoms. The van der Waals surface area contributed by atoms with Crippen LogP contribution in [0.15, 0.2) is 59.5 Å². The average Bonchev–Trinajstić information content (AvgIpc) is 3.36. The lowest BCUT2D eigenvalue weighted by molar-refractivity contribution is -0.274. The summed E-state index contributed by atoms with van der Waals surface area (Å²) >= 11 is 1.13. The Kier molecular flexibility index (Phi) is 6.66. The molecule has 2 fully saturated rings. The molecular weight excluding hydrogens is 455 g/mol. The van der Waals surface area contributed by atoms with Gasteiger partial charge in [0.2, 0.25) is 5.91 Å². The van der Waals surface area contributed by atoms with Crippen molar-refractivity contribution in [1.82, 2.24) is 9.80 Å². The summed E-state index contributed by atoms with van der Waals surface area (Å²) in [5, 5.41) is 5.52. The summed E-state index contributed by atoms with van der Waals surface area (Å²) in [5.74, 6) is -0.0407. The summed E-state index contributed by atoms with van der Waals surface area (Å²) in [5.41, 5.74) is 1.21. The zero-order chi connectivity index (χ0) is 23.6. The van der Waals surface area contributed by atoms with Crippen molar-refractivity contribution in [3.63, 3.8) is 0 Å². The molecule has 2 aliphatic rings. The van der Waals surface area contributed by atoms with Crippen LogP contribution in [0.3, 0.4) is 0 Å². The molecule has 2 unspecified atom stereocenters. The molecule has 2 amide bonds. The fourth-order valence-electron chi connectivity index (χ4n) is 4.25. The number of fused-ring (bicyclic) bond motifs is 1. The second kappa shape index (κ2) is 9.48. The van der Waals surface area contributed by atoms with Gasteiger partial charge in [-0.05, 0) is 60.0 Å². The van der Waals surface area contributed by atoms with Crippen molar-refractivity contribution in [3.8, 4) is 5.75 Å². The molecule has 0 bridgehead atoms. The van der Waals surface area contributed by atoms with E-state index in [4.69, 9.17) is 5.14 Å². The molecule has 4 rings (SSSR count). The first-order chi connectivity index (χ1) is 15.7. The van der Waals surface area contributed by atoms with E-state index in [2.05, 4.69) is 4.74 Å². The standard InChI is InChI=1S/C23H22F3N3O3S/c24-23(25,26)32-19-6-1-15(2-7-19)3-10-21(30)28-11-17-13-29(14-18(17)12-28)22(31)16-4-8-20(33-27)9-5-16/h1-10,17-18H,11-14,27H2/b10-3+. The first kappa shape index (κ1) is 23.2. The number of carbonyl (C=O) groups is 2. The van der Waals surface area contributed by atoms with E-state index in [1.165, 1.54) is 30.3 Å². The molecule has 0 aromatic heterocycles. The lowest BCUT2D eigenvalue weighted by atomic mass is 10.0. The maximum absolute atomic E-state index is 12.8. The fourth-order valence-corrected chi connectivity index (χ4v) is 4.54. The van der Waals surface area contributed by atoms with E-state index in [1.807, 2.05) is 17.0 Å². The average molecular weight is 478 g/mol. The third-order valence-electron chi connectivity index (χ3n) is 5.85. The van der Waals surface area contributed by atoms with Gasteiger partial charge in [-0.1, -0.05) is 12.1 Å². The van der Waals surface area contributed by atoms with Crippen molar-refractivity contribution >= 4 is 29.8 Å². The predicted molar refractivity (Wildman–Crippen MR) is 118 cm³/mol. The lowest BCUT2D eigenvalue weighted by Gasteiger charge is -2.21. The number of hydrogen-bond acceptors (Lipinski definition) is 5. The summed E-state index contributed by atoms with van der Waals surface area (Å²) < 4.78 is 40.5. The van der Waals surface area contributed by atoms with Gasteiger partial charge in [-0.3, -0.25) is 14.7 Å². The minimum absolute atomic E-state index is 0.0197. The molecule has 174 valence electrons. The van der Waals surface area contributed by atoms with Crippen LogP contribution in [0.2, 0.25) is 0 Å². The molecule has 0 saturated carbocycles. The Hall–Kier alpha value is -2.98. The smallest absolute Gasteiger partial charge is 0.406 e. The van der Waals surface area contributed by atoms with Crippen LogP contribution in [-0.4, -0.2) is 54.2 Å². The van der Waals surface area contributed by atoms with Crippen LogP contribution in [0.1, 0.15) is 15.9 Å². The van der Waals surface area contributed by atoms with Gasteiger partial charge in [-0.25, -0.2) is 0 Å². The summed E-state index contributed by atoms with van der Waals surface area (Å²) in [6.45, 7) is 2.34. The number of nitrogens with zero attached hydrogens (tertiary/aromatic N) is 2. The third-order valence-corrected chi connectivity index (χ3v) is 6.40. The van der Waals surface area contributed by atoms with Crippen LogP contribution >= 0.6 is 11.9 Å². The zero-order valence-electron chi connectivity index (χ0n) is 17.5. The van der Waals surface area contributed by atoms with E-state index >= 15 is 0 Å². The Balaban J connectivity index is 1.29. The molecule has 6 nitrogen and oxygen atoms in total. The molecule has 2 saturated heterocycles. The highest BCUT2D eigenvalue weighted by Crippen LogP contribution is 2.32. The molecule has 0 radical (unpaired) electrons. The molecule has 2 aliphatic heterocycles. The van der Waals surface area contributed by atoms with Crippen LogP contribution in [-0.2, 0) is 4.79 Å². The van der Waals surface area contributed by atoms with E-state index in [9.17, 15) is 22.8 Å². The van der Waals surface area contributed by atoms with E-state index in [0.29, 0.717) is 37.3 Å². The van der Waals surface area contributed by atoms with Crippen LogP contribution in [0, 0.1) is 11.8 Å². The van der Waals surface area contributed by atoms with Crippen molar-refractivity contribution in [2.24, 2.45) is 17.0 Å². The number of nitrogens with two attached hydrogens (primary N) is 1. The number of ether oxygens (including phenoxy) is 1. The third kappa shape index (κ3) is 5.69. The maximum atomic E-state index is 12.8. The predicted octanol–water partition coefficient (Wildman–Crippen LogP) is 3.79. The minimum Gasteiger partial charge on any atom is -0.406 e. The Morgan fingerprint density at radius 2 is 1.52 bits per heavy atom. The van der Waals surface area contributed by atoms with Crippen molar-refractivity contribution < 1.29 is 27.5 Å². The molecule has 0 aliphatic carbocycles. The summed E-state index contributed by atoms with van der Waals surface area (Å²) in [7, 11) is 0. The first-order valence-corrected chi connectivity index (χ1v) is 11.2. The molecule has 0 spiro atoms. The van der Waals surface area contributed by atoms with Gasteiger partial charge in [0.05, 0.1) is 0 Å². The van der Waals surface area contributed by atoms with Gasteiger partial charge in [0.1, 0.15) is 5.75 Å². The van der Waals surface area contributed by atoms with Crippen molar-refractivity contribution in [2.75, 3.05) is 26.2 Å². The van der Waals surface area contributed by atoms with Crippen LogP contribution in [0.5, 0.6) is 5.75 Å². The van der Waals surface area contributed by atoms with Gasteiger partial charge in [-0.15, -0.1) is 13.2 Å². The molecule has 2 atom stereocenters. The van der Waals surface area contributed by atoms with Crippen LogP contribution in [0.4, 0.5) is 13.2 Å². The Labute approximate surface area is 193 Å². The topological polar surface area (TPSA) is 75.9 Å². The van der Waals surface area contributed by atoms with E-state index in [-0.39, 0.29) is 29.4 Å². The number of hydrogen-bond donors (Lipinski definition) is 1. The minimum atomic E-state index is -4.74. The number of likely N-dealkylation sites (tertiary alicyclic amines) is 2. The SMILES string of the molecule is NSc1ccc(C(=O)N2CC3CN(C(=O)/C=C/c4ccc(OC(F)(F)F)cc4)CC3C2)cc1. The molecule has 10 heteroatoms. The molecule has 2 aromatic rings. The highest BCUT2D eigenvalue weighted by molar-refractivity contribution is 7.97.